The van der Waals surface area contributed by atoms with Gasteiger partial charge in [0, 0.05) is 36.6 Å². The summed E-state index contributed by atoms with van der Waals surface area (Å²) in [6.07, 6.45) is 5.93. The molecule has 4 amide bonds. The van der Waals surface area contributed by atoms with Gasteiger partial charge in [0.1, 0.15) is 17.9 Å². The fourth-order valence-corrected chi connectivity index (χ4v) is 5.54. The molecule has 2 heterocycles. The van der Waals surface area contributed by atoms with E-state index in [4.69, 9.17) is 0 Å². The molecule has 0 aliphatic carbocycles. The van der Waals surface area contributed by atoms with E-state index in [-0.39, 0.29) is 54.3 Å². The van der Waals surface area contributed by atoms with Crippen molar-refractivity contribution < 1.29 is 58.2 Å². The summed E-state index contributed by atoms with van der Waals surface area (Å²) in [7, 11) is 0. The van der Waals surface area contributed by atoms with E-state index < -0.39 is 41.7 Å². The van der Waals surface area contributed by atoms with Crippen molar-refractivity contribution in [2.45, 2.75) is 76.9 Å². The number of aromatic amines is 1. The molecule has 1 aliphatic rings. The van der Waals surface area contributed by atoms with Gasteiger partial charge in [-0.2, -0.15) is 0 Å². The number of hydrogen-bond acceptors (Lipinski definition) is 5. The van der Waals surface area contributed by atoms with Crippen molar-refractivity contribution in [1.29, 1.82) is 0 Å². The van der Waals surface area contributed by atoms with E-state index in [2.05, 4.69) is 20.9 Å². The summed E-state index contributed by atoms with van der Waals surface area (Å²) in [6.45, 7) is 5.11. The summed E-state index contributed by atoms with van der Waals surface area (Å²) in [6, 6.07) is 8.98. The quantitative estimate of drug-likeness (QED) is 0.205. The van der Waals surface area contributed by atoms with Crippen LogP contribution in [0.3, 0.4) is 0 Å². The number of fused-ring (bicyclic) bond motifs is 1. The summed E-state index contributed by atoms with van der Waals surface area (Å²) in [5.41, 5.74) is 2.09. The summed E-state index contributed by atoms with van der Waals surface area (Å²) in [5, 5.41) is 21.1. The second kappa shape index (κ2) is 17.3. The Morgan fingerprint density at radius 1 is 0.844 bits per heavy atom. The molecule has 3 atom stereocenters. The molecule has 45 heavy (non-hydrogen) atoms. The maximum atomic E-state index is 13.7. The van der Waals surface area contributed by atoms with Gasteiger partial charge in [-0.05, 0) is 60.9 Å². The van der Waals surface area contributed by atoms with Crippen LogP contribution < -0.4 is 50.6 Å². The fourth-order valence-electron chi connectivity index (χ4n) is 5.54. The summed E-state index contributed by atoms with van der Waals surface area (Å²) in [4.78, 5) is 57.4. The molecule has 4 N–H and O–H groups in total. The topological polar surface area (TPSA) is 146 Å². The van der Waals surface area contributed by atoms with Gasteiger partial charge in [-0.3, -0.25) is 9.59 Å². The van der Waals surface area contributed by atoms with Gasteiger partial charge in [0.15, 0.2) is 0 Å². The van der Waals surface area contributed by atoms with Crippen molar-refractivity contribution in [2.75, 3.05) is 13.1 Å². The number of nitrogens with one attached hydrogen (secondary N) is 4. The number of benzene rings is 2. The largest absolute Gasteiger partial charge is 1.00 e. The molecule has 0 spiro atoms. The van der Waals surface area contributed by atoms with Crippen LogP contribution >= 0.6 is 0 Å². The first-order valence-corrected chi connectivity index (χ1v) is 15.3. The summed E-state index contributed by atoms with van der Waals surface area (Å²) >= 11 is 0. The van der Waals surface area contributed by atoms with Crippen molar-refractivity contribution in [3.63, 3.8) is 0 Å². The van der Waals surface area contributed by atoms with Crippen LogP contribution in [0.1, 0.15) is 57.1 Å². The fraction of sp³-hybridized carbons (Fsp3) is 0.455. The molecule has 10 nitrogen and oxygen atoms in total. The Kier molecular flexibility index (Phi) is 13.9. The number of carboxylic acid groups (broad SMARTS) is 1. The van der Waals surface area contributed by atoms with Gasteiger partial charge in [-0.15, -0.1) is 0 Å². The number of hydrogen-bond donors (Lipinski definition) is 4. The molecule has 12 heteroatoms. The molecule has 1 aromatic heterocycles. The number of aliphatic carboxylic acids is 1. The van der Waals surface area contributed by atoms with Crippen LogP contribution in [0.25, 0.3) is 10.9 Å². The molecule has 0 bridgehead atoms. The van der Waals surface area contributed by atoms with Crippen molar-refractivity contribution in [1.82, 2.24) is 25.8 Å². The second-order valence-electron chi connectivity index (χ2n) is 11.9. The first kappa shape index (κ1) is 36.1. The number of likely N-dealkylation sites (tertiary alicyclic amines) is 1. The molecular weight excluding hydrogens is 588 g/mol. The maximum Gasteiger partial charge on any atom is 1.00 e. The predicted molar refractivity (Wildman–Crippen MR) is 163 cm³/mol. The molecule has 1 fully saturated rings. The number of nitrogens with zero attached hydrogens (tertiary/aromatic N) is 1. The third-order valence-electron chi connectivity index (χ3n) is 7.90. The number of urea groups is 1. The molecule has 236 valence electrons. The van der Waals surface area contributed by atoms with Gasteiger partial charge in [-0.25, -0.2) is 9.18 Å². The van der Waals surface area contributed by atoms with Crippen molar-refractivity contribution in [3.05, 3.63) is 71.7 Å². The van der Waals surface area contributed by atoms with E-state index in [1.165, 1.54) is 24.3 Å². The molecule has 3 aromatic rings. The predicted octanol–water partition coefficient (Wildman–Crippen LogP) is -0.184. The maximum absolute atomic E-state index is 13.7. The number of carbonyl (C=O) groups excluding carboxylic acids is 4. The Labute approximate surface area is 285 Å². The van der Waals surface area contributed by atoms with Crippen molar-refractivity contribution in [3.8, 4) is 0 Å². The number of amides is 4. The Hall–Kier alpha value is -3.41. The number of carbonyl (C=O) groups is 4. The number of aromatic nitrogens is 1. The van der Waals surface area contributed by atoms with Crippen LogP contribution in [0.2, 0.25) is 0 Å². The molecule has 4 rings (SSSR count). The Morgan fingerprint density at radius 2 is 1.47 bits per heavy atom. The van der Waals surface area contributed by atoms with Gasteiger partial charge in [0.05, 0.1) is 12.0 Å². The van der Waals surface area contributed by atoms with E-state index in [1.807, 2.05) is 38.1 Å². The van der Waals surface area contributed by atoms with Gasteiger partial charge in [0.2, 0.25) is 11.8 Å². The number of H-pyrrole nitrogens is 1. The van der Waals surface area contributed by atoms with E-state index in [1.54, 1.807) is 11.1 Å². The smallest absolute Gasteiger partial charge is 0.548 e. The molecule has 2 aromatic carbocycles. The van der Waals surface area contributed by atoms with E-state index in [0.29, 0.717) is 25.1 Å². The Balaban J connectivity index is 0.00000552. The second-order valence-corrected chi connectivity index (χ2v) is 11.9. The van der Waals surface area contributed by atoms with Crippen LogP contribution in [0.15, 0.2) is 54.7 Å². The third kappa shape index (κ3) is 10.6. The minimum atomic E-state index is -1.51. The molecule has 1 saturated heterocycles. The average Bonchev–Trinajstić information content (AvgIpc) is 3.19. The van der Waals surface area contributed by atoms with Crippen molar-refractivity contribution in [2.24, 2.45) is 5.92 Å². The summed E-state index contributed by atoms with van der Waals surface area (Å²) < 4.78 is 13.4. The summed E-state index contributed by atoms with van der Waals surface area (Å²) in [5.74, 6) is -3.17. The first-order chi connectivity index (χ1) is 21.1. The van der Waals surface area contributed by atoms with Crippen LogP contribution in [-0.4, -0.2) is 64.9 Å². The van der Waals surface area contributed by atoms with Crippen LogP contribution in [0, 0.1) is 11.7 Å². The third-order valence-corrected chi connectivity index (χ3v) is 7.90. The molecular formula is C33H41FN5NaO5. The zero-order chi connectivity index (χ0) is 31.6. The van der Waals surface area contributed by atoms with Crippen LogP contribution in [0.5, 0.6) is 0 Å². The average molecular weight is 630 g/mol. The zero-order valence-corrected chi connectivity index (χ0v) is 28.2. The van der Waals surface area contributed by atoms with E-state index in [9.17, 15) is 28.7 Å². The SMILES string of the molecule is CC(C)C[C@H](NC(=O)N1CCCCCC1)C(=O)N[C@H](Cc1c[nH]c2ccccc12)C(=O)N[C@H](Cc1ccc(F)cc1)C(=O)[O-].[Na+]. The van der Waals surface area contributed by atoms with Gasteiger partial charge >= 0.3 is 35.6 Å². The number of carboxylic acids is 1. The molecule has 0 saturated carbocycles. The van der Waals surface area contributed by atoms with Gasteiger partial charge in [-0.1, -0.05) is 57.0 Å². The standard InChI is InChI=1S/C33H42FN5O5.Na/c1-21(2)17-27(38-33(44)39-15-7-3-4-8-16-39)30(40)36-28(19-23-20-35-26-10-6-5-9-25(23)26)31(41)37-29(32(42)43)18-22-11-13-24(34)14-12-22;/h5-6,9-14,20-21,27-29,35H,3-4,7-8,15-19H2,1-2H3,(H,36,40)(H,37,41)(H,38,44)(H,42,43);/q;+1/p-1/t27-,28+,29+;/m0./s1. The van der Waals surface area contributed by atoms with E-state index >= 15 is 0 Å². The molecule has 0 unspecified atom stereocenters. The zero-order valence-electron chi connectivity index (χ0n) is 26.2. The van der Waals surface area contributed by atoms with Crippen LogP contribution in [-0.2, 0) is 27.2 Å². The Morgan fingerprint density at radius 3 is 2.11 bits per heavy atom. The Bertz CT molecular complexity index is 1440. The van der Waals surface area contributed by atoms with E-state index in [0.717, 1.165) is 42.1 Å². The van der Waals surface area contributed by atoms with Crippen molar-refractivity contribution >= 4 is 34.7 Å². The number of para-hydroxylation sites is 1. The first-order valence-electron chi connectivity index (χ1n) is 15.3. The minimum Gasteiger partial charge on any atom is -0.548 e. The number of halogens is 1. The monoisotopic (exact) mass is 629 g/mol. The minimum absolute atomic E-state index is 0. The van der Waals surface area contributed by atoms with Gasteiger partial charge in [0.25, 0.3) is 0 Å². The molecule has 0 radical (unpaired) electrons. The molecule has 1 aliphatic heterocycles. The normalized spacial score (nSPS) is 15.3. The number of rotatable bonds is 12. The van der Waals surface area contributed by atoms with Crippen LogP contribution in [0.4, 0.5) is 9.18 Å². The van der Waals surface area contributed by atoms with Gasteiger partial charge < -0.3 is 35.7 Å².